The van der Waals surface area contributed by atoms with Crippen LogP contribution in [0.4, 0.5) is 0 Å². The molecule has 0 N–H and O–H groups in total. The summed E-state index contributed by atoms with van der Waals surface area (Å²) < 4.78 is 0. The zero-order valence-electron chi connectivity index (χ0n) is 12.1. The van der Waals surface area contributed by atoms with Crippen molar-refractivity contribution in [3.63, 3.8) is 0 Å². The van der Waals surface area contributed by atoms with Gasteiger partial charge in [-0.2, -0.15) is 0 Å². The minimum Gasteiger partial charge on any atom is -0.299 e. The molecule has 1 heteroatoms. The Bertz CT molecular complexity index is 404. The van der Waals surface area contributed by atoms with Gasteiger partial charge >= 0.3 is 0 Å². The summed E-state index contributed by atoms with van der Waals surface area (Å²) in [5, 5.41) is 0. The number of carbonyl (C=O) groups is 1. The molecule has 3 aliphatic carbocycles. The molecule has 1 nitrogen and oxygen atoms in total. The van der Waals surface area contributed by atoms with Crippen LogP contribution in [0.1, 0.15) is 65.7 Å². The number of allylic oxidation sites excluding steroid dienone is 2. The van der Waals surface area contributed by atoms with Crippen LogP contribution in [0.2, 0.25) is 0 Å². The van der Waals surface area contributed by atoms with Crippen LogP contribution in [0.3, 0.4) is 0 Å². The predicted molar refractivity (Wildman–Crippen MR) is 74.3 cm³/mol. The van der Waals surface area contributed by atoms with Crippen molar-refractivity contribution in [2.75, 3.05) is 0 Å². The maximum atomic E-state index is 12.6. The van der Waals surface area contributed by atoms with Crippen molar-refractivity contribution in [3.05, 3.63) is 11.6 Å². The molecule has 3 rings (SSSR count). The van der Waals surface area contributed by atoms with E-state index in [9.17, 15) is 4.79 Å². The lowest BCUT2D eigenvalue weighted by Gasteiger charge is -2.49. The highest BCUT2D eigenvalue weighted by molar-refractivity contribution is 5.84. The summed E-state index contributed by atoms with van der Waals surface area (Å²) in [4.78, 5) is 12.6. The minimum absolute atomic E-state index is 0.361. The van der Waals surface area contributed by atoms with Gasteiger partial charge in [-0.15, -0.1) is 0 Å². The molecular formula is C17H26O. The standard InChI is InChI=1S/C17H26O/c1-12-6-8-17-7-4-5-13(14(18)11-12)15(17)16(2,3)9-10-17/h6,13,15H,4-5,7-11H2,1-3H3/b12-6-. The van der Waals surface area contributed by atoms with Crippen LogP contribution in [0.25, 0.3) is 0 Å². The van der Waals surface area contributed by atoms with Crippen molar-refractivity contribution < 1.29 is 4.79 Å². The molecule has 0 radical (unpaired) electrons. The van der Waals surface area contributed by atoms with Gasteiger partial charge in [0, 0.05) is 12.3 Å². The maximum absolute atomic E-state index is 12.6. The van der Waals surface area contributed by atoms with E-state index in [4.69, 9.17) is 0 Å². The Morgan fingerprint density at radius 2 is 2.00 bits per heavy atom. The highest BCUT2D eigenvalue weighted by atomic mass is 16.1. The molecule has 0 saturated heterocycles. The van der Waals surface area contributed by atoms with E-state index in [2.05, 4.69) is 26.8 Å². The fourth-order valence-electron chi connectivity index (χ4n) is 5.34. The zero-order chi connectivity index (χ0) is 13.0. The average Bonchev–Trinajstić information content (AvgIpc) is 2.59. The van der Waals surface area contributed by atoms with E-state index in [1.54, 1.807) is 0 Å². The lowest BCUT2D eigenvalue weighted by atomic mass is 9.55. The van der Waals surface area contributed by atoms with E-state index in [0.29, 0.717) is 34.9 Å². The Morgan fingerprint density at radius 1 is 1.22 bits per heavy atom. The number of Topliss-reactive ketones (excluding diaryl/α,β-unsaturated/α-hetero) is 1. The van der Waals surface area contributed by atoms with Crippen molar-refractivity contribution in [1.29, 1.82) is 0 Å². The van der Waals surface area contributed by atoms with Crippen molar-refractivity contribution in [2.24, 2.45) is 22.7 Å². The zero-order valence-corrected chi connectivity index (χ0v) is 12.1. The summed E-state index contributed by atoms with van der Waals surface area (Å²) in [5.74, 6) is 1.54. The molecule has 0 aromatic carbocycles. The third kappa shape index (κ3) is 1.70. The smallest absolute Gasteiger partial charge is 0.140 e. The number of ketones is 1. The Balaban J connectivity index is 2.07. The second kappa shape index (κ2) is 3.95. The molecule has 3 unspecified atom stereocenters. The highest BCUT2D eigenvalue weighted by Crippen LogP contribution is 2.64. The molecule has 100 valence electrons. The van der Waals surface area contributed by atoms with Gasteiger partial charge in [0.05, 0.1) is 0 Å². The lowest BCUT2D eigenvalue weighted by molar-refractivity contribution is -0.130. The maximum Gasteiger partial charge on any atom is 0.140 e. The third-order valence-corrected chi connectivity index (χ3v) is 6.08. The molecule has 18 heavy (non-hydrogen) atoms. The predicted octanol–water partition coefficient (Wildman–Crippen LogP) is 4.52. The van der Waals surface area contributed by atoms with Gasteiger partial charge in [0.1, 0.15) is 5.78 Å². The summed E-state index contributed by atoms with van der Waals surface area (Å²) in [6.45, 7) is 6.96. The van der Waals surface area contributed by atoms with Gasteiger partial charge in [-0.1, -0.05) is 31.9 Å². The molecule has 2 saturated carbocycles. The summed E-state index contributed by atoms with van der Waals surface area (Å²) in [5.41, 5.74) is 2.15. The van der Waals surface area contributed by atoms with Crippen LogP contribution < -0.4 is 0 Å². The minimum atomic E-state index is 0.361. The first-order chi connectivity index (χ1) is 8.45. The highest BCUT2D eigenvalue weighted by Gasteiger charge is 2.57. The van der Waals surface area contributed by atoms with Gasteiger partial charge in [-0.25, -0.2) is 0 Å². The first-order valence-corrected chi connectivity index (χ1v) is 7.63. The molecule has 0 heterocycles. The van der Waals surface area contributed by atoms with Crippen LogP contribution in [-0.4, -0.2) is 5.78 Å². The molecule has 0 spiro atoms. The number of hydrogen-bond acceptors (Lipinski definition) is 1. The first-order valence-electron chi connectivity index (χ1n) is 7.63. The van der Waals surface area contributed by atoms with Gasteiger partial charge in [-0.05, 0) is 55.8 Å². The SMILES string of the molecule is C/C1=C/CC23CCCC(C(=O)C1)C2C(C)(C)CC3. The van der Waals surface area contributed by atoms with Gasteiger partial charge in [-0.3, -0.25) is 4.79 Å². The molecule has 0 amide bonds. The van der Waals surface area contributed by atoms with E-state index in [1.165, 1.54) is 37.7 Å². The average molecular weight is 246 g/mol. The van der Waals surface area contributed by atoms with E-state index in [-0.39, 0.29) is 0 Å². The normalized spacial score (nSPS) is 45.7. The molecule has 3 atom stereocenters. The van der Waals surface area contributed by atoms with Crippen molar-refractivity contribution in [2.45, 2.75) is 65.7 Å². The van der Waals surface area contributed by atoms with Gasteiger partial charge in [0.2, 0.25) is 0 Å². The molecule has 0 aliphatic heterocycles. The van der Waals surface area contributed by atoms with Gasteiger partial charge in [0.15, 0.2) is 0 Å². The van der Waals surface area contributed by atoms with Gasteiger partial charge < -0.3 is 0 Å². The molecular weight excluding hydrogens is 220 g/mol. The van der Waals surface area contributed by atoms with Crippen LogP contribution in [-0.2, 0) is 4.79 Å². The fraction of sp³-hybridized carbons (Fsp3) is 0.824. The fourth-order valence-corrected chi connectivity index (χ4v) is 5.34. The molecule has 2 bridgehead atoms. The van der Waals surface area contributed by atoms with E-state index in [0.717, 1.165) is 6.42 Å². The summed E-state index contributed by atoms with van der Waals surface area (Å²) in [6.07, 6.45) is 10.8. The summed E-state index contributed by atoms with van der Waals surface area (Å²) >= 11 is 0. The van der Waals surface area contributed by atoms with Gasteiger partial charge in [0.25, 0.3) is 0 Å². The Kier molecular flexibility index (Phi) is 2.73. The third-order valence-electron chi connectivity index (χ3n) is 6.08. The van der Waals surface area contributed by atoms with E-state index < -0.39 is 0 Å². The largest absolute Gasteiger partial charge is 0.299 e. The van der Waals surface area contributed by atoms with Crippen LogP contribution in [0.5, 0.6) is 0 Å². The first kappa shape index (κ1) is 12.4. The summed E-state index contributed by atoms with van der Waals surface area (Å²) in [7, 11) is 0. The Hall–Kier alpha value is -0.590. The summed E-state index contributed by atoms with van der Waals surface area (Å²) in [6, 6.07) is 0. The van der Waals surface area contributed by atoms with Crippen molar-refractivity contribution in [1.82, 2.24) is 0 Å². The molecule has 3 aliphatic rings. The Labute approximate surface area is 111 Å². The van der Waals surface area contributed by atoms with Crippen LogP contribution in [0, 0.1) is 22.7 Å². The number of rotatable bonds is 0. The number of carbonyl (C=O) groups excluding carboxylic acids is 1. The topological polar surface area (TPSA) is 17.1 Å². The molecule has 0 aromatic rings. The number of hydrogen-bond donors (Lipinski definition) is 0. The quantitative estimate of drug-likeness (QED) is 0.574. The van der Waals surface area contributed by atoms with Crippen LogP contribution >= 0.6 is 0 Å². The second-order valence-electron chi connectivity index (χ2n) is 7.73. The molecule has 2 fully saturated rings. The second-order valence-corrected chi connectivity index (χ2v) is 7.73. The van der Waals surface area contributed by atoms with E-state index in [1.807, 2.05) is 0 Å². The van der Waals surface area contributed by atoms with Crippen molar-refractivity contribution in [3.8, 4) is 0 Å². The lowest BCUT2D eigenvalue weighted by Crippen LogP contribution is -2.44. The Morgan fingerprint density at radius 3 is 2.78 bits per heavy atom. The van der Waals surface area contributed by atoms with Crippen LogP contribution in [0.15, 0.2) is 11.6 Å². The van der Waals surface area contributed by atoms with E-state index >= 15 is 0 Å². The van der Waals surface area contributed by atoms with Crippen molar-refractivity contribution >= 4 is 5.78 Å². The molecule has 0 aromatic heterocycles. The monoisotopic (exact) mass is 246 g/mol.